The number of nitrogens with two attached hydrogens (primary N) is 1. The summed E-state index contributed by atoms with van der Waals surface area (Å²) in [7, 11) is 1.70. The number of pyridine rings is 1. The number of aliphatic imine (C=N–C) groups is 1. The van der Waals surface area contributed by atoms with Gasteiger partial charge in [-0.05, 0) is 55.3 Å². The maximum atomic E-state index is 12.9. The molecule has 0 atom stereocenters. The van der Waals surface area contributed by atoms with Crippen LogP contribution >= 0.6 is 0 Å². The van der Waals surface area contributed by atoms with Gasteiger partial charge in [-0.1, -0.05) is 6.08 Å². The molecule has 0 bridgehead atoms. The average Bonchev–Trinajstić information content (AvgIpc) is 2.97. The van der Waals surface area contributed by atoms with E-state index in [2.05, 4.69) is 20.2 Å². The lowest BCUT2D eigenvalue weighted by atomic mass is 10.0. The average molecular weight is 536 g/mol. The molecule has 4 rings (SSSR count). The number of carbonyl (C=O) groups excluding carboxylic acids is 2. The van der Waals surface area contributed by atoms with Crippen LogP contribution in [0.1, 0.15) is 29.3 Å². The van der Waals surface area contributed by atoms with Crippen LogP contribution < -0.4 is 11.1 Å². The highest BCUT2D eigenvalue weighted by Crippen LogP contribution is 2.29. The van der Waals surface area contributed by atoms with Gasteiger partial charge in [0, 0.05) is 75.9 Å². The van der Waals surface area contributed by atoms with E-state index in [1.165, 1.54) is 0 Å². The quantitative estimate of drug-likeness (QED) is 0.391. The molecule has 3 heterocycles. The van der Waals surface area contributed by atoms with E-state index in [1.807, 2.05) is 35.2 Å². The summed E-state index contributed by atoms with van der Waals surface area (Å²) < 4.78 is 10.2. The van der Waals surface area contributed by atoms with Gasteiger partial charge in [0.1, 0.15) is 0 Å². The first kappa shape index (κ1) is 28.1. The SMILES string of the molecule is CCOC(=O)N1CC=C(c2cccnc2N=C(N)Nc2ccc(C(=O)N3CCN(CCOC)CC3)cc2)CC1. The van der Waals surface area contributed by atoms with Crippen LogP contribution in [0.4, 0.5) is 16.3 Å². The van der Waals surface area contributed by atoms with Crippen LogP contribution in [0.3, 0.4) is 0 Å². The van der Waals surface area contributed by atoms with Crippen LogP contribution in [0.25, 0.3) is 5.57 Å². The lowest BCUT2D eigenvalue weighted by Crippen LogP contribution is -2.49. The summed E-state index contributed by atoms with van der Waals surface area (Å²) in [6, 6.07) is 11.0. The number of aromatic nitrogens is 1. The molecule has 11 heteroatoms. The van der Waals surface area contributed by atoms with Crippen LogP contribution in [0.15, 0.2) is 53.7 Å². The highest BCUT2D eigenvalue weighted by Gasteiger charge is 2.22. The molecule has 0 radical (unpaired) electrons. The second-order valence-electron chi connectivity index (χ2n) is 9.32. The van der Waals surface area contributed by atoms with Crippen molar-refractivity contribution in [2.24, 2.45) is 10.7 Å². The van der Waals surface area contributed by atoms with E-state index in [0.717, 1.165) is 36.5 Å². The number of nitrogens with zero attached hydrogens (tertiary/aromatic N) is 5. The Bertz CT molecular complexity index is 1190. The van der Waals surface area contributed by atoms with Gasteiger partial charge in [0.05, 0.1) is 13.2 Å². The van der Waals surface area contributed by atoms with E-state index in [0.29, 0.717) is 57.2 Å². The molecule has 208 valence electrons. The summed E-state index contributed by atoms with van der Waals surface area (Å²) >= 11 is 0. The predicted molar refractivity (Wildman–Crippen MR) is 151 cm³/mol. The van der Waals surface area contributed by atoms with Crippen LogP contribution in [0.5, 0.6) is 0 Å². The minimum atomic E-state index is -0.307. The Labute approximate surface area is 229 Å². The minimum absolute atomic E-state index is 0.0231. The number of carbonyl (C=O) groups is 2. The van der Waals surface area contributed by atoms with E-state index in [9.17, 15) is 9.59 Å². The number of guanidine groups is 1. The molecule has 2 aliphatic heterocycles. The zero-order valence-electron chi connectivity index (χ0n) is 22.6. The molecule has 2 aromatic rings. The molecule has 1 saturated heterocycles. The number of ether oxygens (including phenoxy) is 2. The number of hydrogen-bond donors (Lipinski definition) is 2. The van der Waals surface area contributed by atoms with Gasteiger partial charge in [-0.25, -0.2) is 9.78 Å². The van der Waals surface area contributed by atoms with Crippen molar-refractivity contribution >= 4 is 35.0 Å². The van der Waals surface area contributed by atoms with Crippen molar-refractivity contribution in [3.63, 3.8) is 0 Å². The van der Waals surface area contributed by atoms with Gasteiger partial charge in [-0.2, -0.15) is 4.99 Å². The van der Waals surface area contributed by atoms with Crippen molar-refractivity contribution in [2.45, 2.75) is 13.3 Å². The van der Waals surface area contributed by atoms with Crippen LogP contribution in [-0.4, -0.2) is 104 Å². The van der Waals surface area contributed by atoms with Crippen molar-refractivity contribution < 1.29 is 19.1 Å². The summed E-state index contributed by atoms with van der Waals surface area (Å²) in [4.78, 5) is 39.7. The second-order valence-corrected chi connectivity index (χ2v) is 9.32. The van der Waals surface area contributed by atoms with Crippen molar-refractivity contribution in [1.82, 2.24) is 19.7 Å². The zero-order valence-corrected chi connectivity index (χ0v) is 22.6. The Kier molecular flexibility index (Phi) is 9.87. The fraction of sp³-hybridized carbons (Fsp3) is 0.429. The maximum absolute atomic E-state index is 12.9. The Hall–Kier alpha value is -3.96. The van der Waals surface area contributed by atoms with Gasteiger partial charge >= 0.3 is 6.09 Å². The van der Waals surface area contributed by atoms with E-state index < -0.39 is 0 Å². The van der Waals surface area contributed by atoms with Crippen molar-refractivity contribution in [1.29, 1.82) is 0 Å². The first-order chi connectivity index (χ1) is 19.0. The summed E-state index contributed by atoms with van der Waals surface area (Å²) in [5, 5.41) is 3.08. The summed E-state index contributed by atoms with van der Waals surface area (Å²) in [5.74, 6) is 0.704. The van der Waals surface area contributed by atoms with Crippen molar-refractivity contribution in [3.8, 4) is 0 Å². The largest absolute Gasteiger partial charge is 0.450 e. The van der Waals surface area contributed by atoms with E-state index in [1.54, 1.807) is 37.3 Å². The topological polar surface area (TPSA) is 126 Å². The highest BCUT2D eigenvalue weighted by atomic mass is 16.6. The standard InChI is InChI=1S/C28H37N7O4/c1-3-39-28(37)35-13-10-21(11-14-35)24-5-4-12-30-25(24)32-27(29)31-23-8-6-22(7-9-23)26(36)34-17-15-33(16-18-34)19-20-38-2/h4-10,12H,3,11,13-20H2,1-2H3,(H3,29,30,31,32). The number of amides is 2. The second kappa shape index (κ2) is 13.7. The summed E-state index contributed by atoms with van der Waals surface area (Å²) in [6.45, 7) is 7.85. The number of benzene rings is 1. The van der Waals surface area contributed by atoms with E-state index in [-0.39, 0.29) is 18.0 Å². The van der Waals surface area contributed by atoms with Gasteiger partial charge in [0.15, 0.2) is 11.8 Å². The molecule has 1 fully saturated rings. The smallest absolute Gasteiger partial charge is 0.410 e. The lowest BCUT2D eigenvalue weighted by Gasteiger charge is -2.34. The third kappa shape index (κ3) is 7.55. The minimum Gasteiger partial charge on any atom is -0.450 e. The molecule has 0 aliphatic carbocycles. The molecule has 1 aromatic heterocycles. The number of piperazine rings is 1. The molecule has 0 unspecified atom stereocenters. The normalized spacial score (nSPS) is 16.6. The van der Waals surface area contributed by atoms with Gasteiger partial charge in [0.25, 0.3) is 5.91 Å². The van der Waals surface area contributed by atoms with Crippen LogP contribution in [0.2, 0.25) is 0 Å². The molecule has 2 aliphatic rings. The Morgan fingerprint density at radius 3 is 2.51 bits per heavy atom. The number of anilines is 1. The Morgan fingerprint density at radius 2 is 1.85 bits per heavy atom. The van der Waals surface area contributed by atoms with Crippen LogP contribution in [0, 0.1) is 0 Å². The van der Waals surface area contributed by atoms with Gasteiger partial charge in [-0.3, -0.25) is 9.69 Å². The zero-order chi connectivity index (χ0) is 27.6. The number of nitrogens with one attached hydrogen (secondary N) is 1. The van der Waals surface area contributed by atoms with Gasteiger partial charge < -0.3 is 30.3 Å². The fourth-order valence-electron chi connectivity index (χ4n) is 4.59. The Balaban J connectivity index is 1.36. The number of methoxy groups -OCH3 is 1. The lowest BCUT2D eigenvalue weighted by molar-refractivity contribution is 0.0594. The molecule has 2 amide bonds. The Morgan fingerprint density at radius 1 is 1.08 bits per heavy atom. The van der Waals surface area contributed by atoms with E-state index in [4.69, 9.17) is 15.2 Å². The number of hydrogen-bond acceptors (Lipinski definition) is 7. The predicted octanol–water partition coefficient (Wildman–Crippen LogP) is 2.79. The molecule has 11 nitrogen and oxygen atoms in total. The number of rotatable bonds is 8. The molecule has 3 N–H and O–H groups in total. The van der Waals surface area contributed by atoms with Crippen molar-refractivity contribution in [2.75, 3.05) is 71.5 Å². The first-order valence-corrected chi connectivity index (χ1v) is 13.3. The highest BCUT2D eigenvalue weighted by molar-refractivity contribution is 5.97. The molecule has 0 spiro atoms. The van der Waals surface area contributed by atoms with Gasteiger partial charge in [-0.15, -0.1) is 0 Å². The van der Waals surface area contributed by atoms with E-state index >= 15 is 0 Å². The summed E-state index contributed by atoms with van der Waals surface area (Å²) in [5.41, 5.74) is 9.49. The van der Waals surface area contributed by atoms with Crippen molar-refractivity contribution in [3.05, 3.63) is 59.8 Å². The summed E-state index contributed by atoms with van der Waals surface area (Å²) in [6.07, 6.45) is 4.02. The maximum Gasteiger partial charge on any atom is 0.410 e. The molecule has 1 aromatic carbocycles. The molecule has 39 heavy (non-hydrogen) atoms. The van der Waals surface area contributed by atoms with Gasteiger partial charge in [0.2, 0.25) is 0 Å². The van der Waals surface area contributed by atoms with Crippen LogP contribution in [-0.2, 0) is 9.47 Å². The molecular formula is C28H37N7O4. The monoisotopic (exact) mass is 535 g/mol. The molecular weight excluding hydrogens is 498 g/mol. The molecule has 0 saturated carbocycles. The third-order valence-corrected chi connectivity index (χ3v) is 6.77. The fourth-order valence-corrected chi connectivity index (χ4v) is 4.59. The first-order valence-electron chi connectivity index (χ1n) is 13.3. The third-order valence-electron chi connectivity index (χ3n) is 6.77.